The van der Waals surface area contributed by atoms with E-state index in [4.69, 9.17) is 16.6 Å². The smallest absolute Gasteiger partial charge is 0.307 e. The molecule has 1 aromatic heterocycles. The minimum Gasteiger partial charge on any atom is -0.481 e. The van der Waals surface area contributed by atoms with Gasteiger partial charge in [-0.05, 0) is 79.1 Å². The first kappa shape index (κ1) is 29.9. The third-order valence-corrected chi connectivity index (χ3v) is 8.80. The van der Waals surface area contributed by atoms with Crippen LogP contribution in [0.1, 0.15) is 59.9 Å². The monoisotopic (exact) mass is 573 g/mol. The average Bonchev–Trinajstić information content (AvgIpc) is 2.94. The highest BCUT2D eigenvalue weighted by Crippen LogP contribution is 2.36. The van der Waals surface area contributed by atoms with Crippen molar-refractivity contribution in [1.82, 2.24) is 4.98 Å². The molecule has 3 aromatic carbocycles. The number of aliphatic carboxylic acids is 1. The molecule has 0 radical (unpaired) electrons. The lowest BCUT2D eigenvalue weighted by Gasteiger charge is -2.21. The molecule has 0 aliphatic carbocycles. The van der Waals surface area contributed by atoms with Gasteiger partial charge in [0.05, 0.1) is 23.2 Å². The second-order valence-electron chi connectivity index (χ2n) is 10.2. The summed E-state index contributed by atoms with van der Waals surface area (Å²) in [6.45, 7) is 3.74. The Balaban J connectivity index is 1.55. The molecule has 3 atom stereocenters. The van der Waals surface area contributed by atoms with E-state index in [2.05, 4.69) is 42.5 Å². The van der Waals surface area contributed by atoms with Gasteiger partial charge in [-0.2, -0.15) is 11.8 Å². The van der Waals surface area contributed by atoms with E-state index in [0.717, 1.165) is 35.0 Å². The number of aromatic nitrogens is 1. The maximum absolute atomic E-state index is 11.7. The molecule has 0 fully saturated rings. The van der Waals surface area contributed by atoms with Crippen LogP contribution in [-0.4, -0.2) is 33.0 Å². The first-order valence-electron chi connectivity index (χ1n) is 13.8. The average molecular weight is 574 g/mol. The van der Waals surface area contributed by atoms with Crippen molar-refractivity contribution in [3.8, 4) is 0 Å². The summed E-state index contributed by atoms with van der Waals surface area (Å²) in [7, 11) is 0. The van der Waals surface area contributed by atoms with Crippen LogP contribution in [0.4, 0.5) is 0 Å². The number of hydrogen-bond acceptors (Lipinski definition) is 4. The lowest BCUT2D eigenvalue weighted by molar-refractivity contribution is -0.140. The van der Waals surface area contributed by atoms with E-state index in [-0.39, 0.29) is 11.2 Å². The second kappa shape index (κ2) is 14.5. The summed E-state index contributed by atoms with van der Waals surface area (Å²) in [6, 6.07) is 26.5. The van der Waals surface area contributed by atoms with Gasteiger partial charge in [0, 0.05) is 21.4 Å². The number of aliphatic hydroxyl groups is 1. The summed E-state index contributed by atoms with van der Waals surface area (Å²) < 4.78 is 0. The van der Waals surface area contributed by atoms with Gasteiger partial charge in [0.2, 0.25) is 0 Å². The fourth-order valence-electron chi connectivity index (χ4n) is 4.79. The van der Waals surface area contributed by atoms with E-state index >= 15 is 0 Å². The van der Waals surface area contributed by atoms with Crippen molar-refractivity contribution in [1.29, 1.82) is 0 Å². The van der Waals surface area contributed by atoms with Crippen molar-refractivity contribution in [2.24, 2.45) is 5.92 Å². The zero-order valence-corrected chi connectivity index (χ0v) is 24.5. The van der Waals surface area contributed by atoms with Gasteiger partial charge in [0.15, 0.2) is 0 Å². The van der Waals surface area contributed by atoms with Crippen LogP contribution in [0.3, 0.4) is 0 Å². The highest BCUT2D eigenvalue weighted by molar-refractivity contribution is 7.99. The number of carboxylic acids is 1. The number of aliphatic hydroxyl groups excluding tert-OH is 1. The molecule has 0 aliphatic rings. The Kier molecular flexibility index (Phi) is 10.8. The Morgan fingerprint density at radius 1 is 1.00 bits per heavy atom. The summed E-state index contributed by atoms with van der Waals surface area (Å²) in [5, 5.41) is 21.4. The highest BCUT2D eigenvalue weighted by Gasteiger charge is 2.20. The van der Waals surface area contributed by atoms with Crippen LogP contribution >= 0.6 is 23.4 Å². The summed E-state index contributed by atoms with van der Waals surface area (Å²) in [5.74, 6) is -0.544. The molecular weight excluding hydrogens is 538 g/mol. The molecule has 1 unspecified atom stereocenters. The highest BCUT2D eigenvalue weighted by atomic mass is 35.5. The molecule has 4 nitrogen and oxygen atoms in total. The van der Waals surface area contributed by atoms with Gasteiger partial charge in [-0.15, -0.1) is 0 Å². The number of thioether (sulfide) groups is 1. The molecule has 1 heterocycles. The number of carbonyl (C=O) groups is 1. The maximum atomic E-state index is 11.7. The van der Waals surface area contributed by atoms with E-state index in [1.807, 2.05) is 62.4 Å². The zero-order valence-electron chi connectivity index (χ0n) is 23.0. The fourth-order valence-corrected chi connectivity index (χ4v) is 6.42. The molecule has 2 N–H and O–H groups in total. The number of nitrogens with zero attached hydrogens (tertiary/aromatic N) is 1. The van der Waals surface area contributed by atoms with Crippen LogP contribution in [0.5, 0.6) is 0 Å². The first-order chi connectivity index (χ1) is 19.3. The predicted octanol–water partition coefficient (Wildman–Crippen LogP) is 8.50. The molecular formula is C34H36ClNO3S. The van der Waals surface area contributed by atoms with Gasteiger partial charge in [-0.25, -0.2) is 4.98 Å². The lowest BCUT2D eigenvalue weighted by atomic mass is 9.96. The molecule has 0 amide bonds. The molecule has 0 bridgehead atoms. The number of fused-ring (bicyclic) bond motifs is 1. The van der Waals surface area contributed by atoms with Gasteiger partial charge in [-0.1, -0.05) is 85.3 Å². The maximum Gasteiger partial charge on any atom is 0.307 e. The normalized spacial score (nSPS) is 13.9. The van der Waals surface area contributed by atoms with Crippen molar-refractivity contribution >= 4 is 52.4 Å². The van der Waals surface area contributed by atoms with E-state index < -0.39 is 12.1 Å². The standard InChI is InChI=1S/C34H36ClNO3S/c1-3-25(34(38)39)22-40-33(18-14-26-8-4-5-9-28(26)19-23(2)37)29-10-6-7-24(20-29)11-16-31-17-13-27-12-15-30(35)21-32(27)36-31/h4-13,15-17,20-21,23,25,33,37H,3,14,18-19,22H2,1-2H3,(H,38,39)/t23?,25-,33-/m0/s1. The van der Waals surface area contributed by atoms with E-state index in [9.17, 15) is 15.0 Å². The Morgan fingerprint density at radius 2 is 1.77 bits per heavy atom. The third-order valence-electron chi connectivity index (χ3n) is 7.05. The predicted molar refractivity (Wildman–Crippen MR) is 169 cm³/mol. The topological polar surface area (TPSA) is 70.4 Å². The van der Waals surface area contributed by atoms with E-state index in [1.165, 1.54) is 16.7 Å². The molecule has 4 rings (SSSR count). The van der Waals surface area contributed by atoms with Crippen LogP contribution in [-0.2, 0) is 17.6 Å². The van der Waals surface area contributed by atoms with Crippen LogP contribution < -0.4 is 0 Å². The van der Waals surface area contributed by atoms with Gasteiger partial charge in [-0.3, -0.25) is 4.79 Å². The minimum atomic E-state index is -0.739. The van der Waals surface area contributed by atoms with Crippen LogP contribution in [0.25, 0.3) is 23.1 Å². The van der Waals surface area contributed by atoms with Crippen molar-refractivity contribution in [2.75, 3.05) is 5.75 Å². The third kappa shape index (κ3) is 8.44. The van der Waals surface area contributed by atoms with Crippen LogP contribution in [0, 0.1) is 5.92 Å². The van der Waals surface area contributed by atoms with Crippen molar-refractivity contribution in [2.45, 2.75) is 50.9 Å². The molecule has 0 saturated heterocycles. The quantitative estimate of drug-likeness (QED) is 0.168. The number of halogens is 1. The Hall–Kier alpha value is -3.12. The summed E-state index contributed by atoms with van der Waals surface area (Å²) in [5.41, 5.74) is 6.36. The van der Waals surface area contributed by atoms with E-state index in [0.29, 0.717) is 23.6 Å². The molecule has 0 spiro atoms. The van der Waals surface area contributed by atoms with Crippen molar-refractivity contribution in [3.63, 3.8) is 0 Å². The van der Waals surface area contributed by atoms with E-state index in [1.54, 1.807) is 11.8 Å². The molecule has 0 aliphatic heterocycles. The molecule has 0 saturated carbocycles. The number of rotatable bonds is 13. The van der Waals surface area contributed by atoms with Gasteiger partial charge in [0.1, 0.15) is 0 Å². The number of benzene rings is 3. The Morgan fingerprint density at radius 3 is 2.52 bits per heavy atom. The van der Waals surface area contributed by atoms with Crippen LogP contribution in [0.2, 0.25) is 5.02 Å². The molecule has 4 aromatic rings. The first-order valence-corrected chi connectivity index (χ1v) is 15.2. The molecule has 40 heavy (non-hydrogen) atoms. The summed E-state index contributed by atoms with van der Waals surface area (Å²) >= 11 is 7.88. The van der Waals surface area contributed by atoms with Crippen LogP contribution in [0.15, 0.2) is 78.9 Å². The van der Waals surface area contributed by atoms with Gasteiger partial charge >= 0.3 is 5.97 Å². The summed E-state index contributed by atoms with van der Waals surface area (Å²) in [4.78, 5) is 16.4. The number of hydrogen-bond donors (Lipinski definition) is 2. The second-order valence-corrected chi connectivity index (χ2v) is 11.9. The number of pyridine rings is 1. The Labute approximate surface area is 246 Å². The summed E-state index contributed by atoms with van der Waals surface area (Å²) in [6.07, 6.45) is 6.63. The molecule has 208 valence electrons. The molecule has 6 heteroatoms. The number of aryl methyl sites for hydroxylation is 1. The van der Waals surface area contributed by atoms with Crippen molar-refractivity contribution < 1.29 is 15.0 Å². The SMILES string of the molecule is CC[C@@H](CS[C@@H](CCc1ccccc1CC(C)O)c1cccc(C=Cc2ccc3ccc(Cl)cc3n2)c1)C(=O)O. The minimum absolute atomic E-state index is 0.141. The zero-order chi connectivity index (χ0) is 28.5. The number of carboxylic acid groups (broad SMARTS) is 1. The van der Waals surface area contributed by atoms with Gasteiger partial charge in [0.25, 0.3) is 0 Å². The van der Waals surface area contributed by atoms with Crippen molar-refractivity contribution in [3.05, 3.63) is 112 Å². The largest absolute Gasteiger partial charge is 0.481 e. The Bertz CT molecular complexity index is 1470. The van der Waals surface area contributed by atoms with Gasteiger partial charge < -0.3 is 10.2 Å². The fraction of sp³-hybridized carbons (Fsp3) is 0.294. The lowest BCUT2D eigenvalue weighted by Crippen LogP contribution is -2.16.